The number of carbonyl (C=O) groups is 4. The van der Waals surface area contributed by atoms with Gasteiger partial charge in [-0.1, -0.05) is 41.4 Å². The predicted octanol–water partition coefficient (Wildman–Crippen LogP) is 4.04. The Kier molecular flexibility index (Phi) is 7.91. The fraction of sp³-hybridized carbons (Fsp3) is 0.357. The van der Waals surface area contributed by atoms with Gasteiger partial charge in [0.15, 0.2) is 0 Å². The smallest absolute Gasteiger partial charge is 0.325 e. The number of anilines is 1. The first-order chi connectivity index (χ1) is 19.2. The van der Waals surface area contributed by atoms with E-state index >= 15 is 0 Å². The van der Waals surface area contributed by atoms with Crippen LogP contribution in [0, 0.1) is 0 Å². The Morgan fingerprint density at radius 1 is 1.07 bits per heavy atom. The van der Waals surface area contributed by atoms with Crippen LogP contribution in [0.3, 0.4) is 0 Å². The summed E-state index contributed by atoms with van der Waals surface area (Å²) in [5.41, 5.74) is 3.26. The second kappa shape index (κ2) is 11.4. The molecule has 1 saturated heterocycles. The summed E-state index contributed by atoms with van der Waals surface area (Å²) in [6.07, 6.45) is 1.17. The highest BCUT2D eigenvalue weighted by atomic mass is 35.5. The molecule has 0 unspecified atom stereocenters. The number of carboxylic acids is 1. The van der Waals surface area contributed by atoms with Gasteiger partial charge in [-0.15, -0.1) is 0 Å². The van der Waals surface area contributed by atoms with E-state index in [0.717, 1.165) is 22.2 Å². The highest BCUT2D eigenvalue weighted by Crippen LogP contribution is 2.34. The van der Waals surface area contributed by atoms with E-state index in [1.165, 1.54) is 14.7 Å². The lowest BCUT2D eigenvalue weighted by Gasteiger charge is -2.39. The van der Waals surface area contributed by atoms with Crippen molar-refractivity contribution in [3.8, 4) is 0 Å². The minimum atomic E-state index is -1.02. The van der Waals surface area contributed by atoms with Gasteiger partial charge >= 0.3 is 12.0 Å². The van der Waals surface area contributed by atoms with Crippen molar-refractivity contribution in [1.29, 1.82) is 0 Å². The number of aliphatic carboxylic acids is 1. The summed E-state index contributed by atoms with van der Waals surface area (Å²) in [4.78, 5) is 59.7. The number of hydrogen-bond donors (Lipinski definition) is 3. The zero-order chi connectivity index (χ0) is 28.6. The van der Waals surface area contributed by atoms with E-state index in [2.05, 4.69) is 10.3 Å². The van der Waals surface area contributed by atoms with Crippen LogP contribution in [-0.4, -0.2) is 75.9 Å². The number of aromatic amines is 1. The maximum atomic E-state index is 14.1. The number of H-pyrrole nitrogens is 1. The van der Waals surface area contributed by atoms with E-state index in [4.69, 9.17) is 28.3 Å². The number of benzene rings is 2. The number of urea groups is 1. The lowest BCUT2D eigenvalue weighted by molar-refractivity contribution is -0.142. The van der Waals surface area contributed by atoms with Gasteiger partial charge in [0.2, 0.25) is 11.8 Å². The average molecular weight is 586 g/mol. The van der Waals surface area contributed by atoms with E-state index in [-0.39, 0.29) is 37.7 Å². The van der Waals surface area contributed by atoms with Crippen LogP contribution in [0.4, 0.5) is 10.5 Å². The summed E-state index contributed by atoms with van der Waals surface area (Å²) < 4.78 is 0. The number of hydrogen-bond acceptors (Lipinski definition) is 4. The van der Waals surface area contributed by atoms with E-state index in [1.54, 1.807) is 25.2 Å². The van der Waals surface area contributed by atoms with Crippen molar-refractivity contribution in [3.63, 3.8) is 0 Å². The molecule has 1 fully saturated rings. The maximum Gasteiger partial charge on any atom is 0.325 e. The summed E-state index contributed by atoms with van der Waals surface area (Å²) in [6, 6.07) is 10.7. The second-order valence-electron chi connectivity index (χ2n) is 10.0. The van der Waals surface area contributed by atoms with Gasteiger partial charge in [-0.3, -0.25) is 19.3 Å². The Morgan fingerprint density at radius 3 is 2.60 bits per heavy atom. The standard InChI is InChI=1S/C28H29Cl2N5O5/c1-33(16-8-9-19(29)20(30)13-16)28(40)35-15-22-18(17-5-2-3-6-21(17)32-22)14-24(35)27(39)34-12-4-7-23(34)26(38)31-11-10-25(36)37/h2-3,5-6,8-9,13,23-24,32H,4,7,10-12,14-15H2,1H3,(H,31,38)(H,36,37)/t23-,24+/m0/s1. The fourth-order valence-electron chi connectivity index (χ4n) is 5.53. The quantitative estimate of drug-likeness (QED) is 0.402. The van der Waals surface area contributed by atoms with Gasteiger partial charge in [-0.25, -0.2) is 4.79 Å². The summed E-state index contributed by atoms with van der Waals surface area (Å²) in [7, 11) is 1.61. The van der Waals surface area contributed by atoms with Crippen molar-refractivity contribution < 1.29 is 24.3 Å². The summed E-state index contributed by atoms with van der Waals surface area (Å²) in [6.45, 7) is 0.528. The van der Waals surface area contributed by atoms with Gasteiger partial charge in [0.05, 0.1) is 23.0 Å². The molecule has 40 heavy (non-hydrogen) atoms. The molecule has 0 radical (unpaired) electrons. The molecule has 0 saturated carbocycles. The number of amides is 4. The minimum absolute atomic E-state index is 0.0200. The number of carboxylic acid groups (broad SMARTS) is 1. The first-order valence-corrected chi connectivity index (χ1v) is 13.8. The molecule has 0 bridgehead atoms. The highest BCUT2D eigenvalue weighted by molar-refractivity contribution is 6.42. The monoisotopic (exact) mass is 585 g/mol. The van der Waals surface area contributed by atoms with Crippen molar-refractivity contribution >= 4 is 63.6 Å². The summed E-state index contributed by atoms with van der Waals surface area (Å²) in [5, 5.41) is 13.2. The van der Waals surface area contributed by atoms with Gasteiger partial charge in [-0.2, -0.15) is 0 Å². The Labute approximate surface area is 240 Å². The maximum absolute atomic E-state index is 14.1. The second-order valence-corrected chi connectivity index (χ2v) is 10.9. The molecule has 5 rings (SSSR count). The zero-order valence-corrected chi connectivity index (χ0v) is 23.3. The van der Waals surface area contributed by atoms with Crippen molar-refractivity contribution in [2.45, 2.75) is 44.3 Å². The number of rotatable bonds is 6. The van der Waals surface area contributed by atoms with Crippen molar-refractivity contribution in [2.24, 2.45) is 0 Å². The van der Waals surface area contributed by atoms with Crippen LogP contribution >= 0.6 is 23.2 Å². The third-order valence-corrected chi connectivity index (χ3v) is 8.33. The van der Waals surface area contributed by atoms with Crippen LogP contribution in [0.2, 0.25) is 10.0 Å². The lowest BCUT2D eigenvalue weighted by atomic mass is 9.95. The Morgan fingerprint density at radius 2 is 1.85 bits per heavy atom. The molecule has 2 aliphatic rings. The third-order valence-electron chi connectivity index (χ3n) is 7.59. The molecule has 210 valence electrons. The average Bonchev–Trinajstić information content (AvgIpc) is 3.57. The van der Waals surface area contributed by atoms with Gasteiger partial charge in [0.25, 0.3) is 0 Å². The van der Waals surface area contributed by atoms with Gasteiger partial charge in [-0.05, 0) is 42.7 Å². The van der Waals surface area contributed by atoms with Crippen molar-refractivity contribution in [1.82, 2.24) is 20.1 Å². The van der Waals surface area contributed by atoms with Crippen LogP contribution in [0.25, 0.3) is 10.9 Å². The number of likely N-dealkylation sites (tertiary alicyclic amines) is 1. The van der Waals surface area contributed by atoms with E-state index in [0.29, 0.717) is 35.1 Å². The molecule has 0 aliphatic carbocycles. The summed E-state index contributed by atoms with van der Waals surface area (Å²) in [5.74, 6) is -1.72. The van der Waals surface area contributed by atoms with Gasteiger partial charge < -0.3 is 25.2 Å². The van der Waals surface area contributed by atoms with Crippen LogP contribution < -0.4 is 10.2 Å². The number of fused-ring (bicyclic) bond motifs is 3. The molecule has 2 aromatic carbocycles. The van der Waals surface area contributed by atoms with E-state index < -0.39 is 24.1 Å². The number of nitrogens with zero attached hydrogens (tertiary/aromatic N) is 3. The van der Waals surface area contributed by atoms with Crippen LogP contribution in [0.1, 0.15) is 30.5 Å². The molecule has 4 amide bonds. The van der Waals surface area contributed by atoms with Crippen molar-refractivity contribution in [3.05, 3.63) is 63.8 Å². The van der Waals surface area contributed by atoms with Gasteiger partial charge in [0, 0.05) is 48.8 Å². The van der Waals surface area contributed by atoms with Gasteiger partial charge in [0.1, 0.15) is 12.1 Å². The van der Waals surface area contributed by atoms with E-state index in [1.807, 2.05) is 24.3 Å². The number of halogens is 2. The molecule has 2 aliphatic heterocycles. The molecule has 12 heteroatoms. The first kappa shape index (κ1) is 27.8. The number of nitrogens with one attached hydrogen (secondary N) is 2. The number of aromatic nitrogens is 1. The molecule has 3 heterocycles. The normalized spacial score (nSPS) is 18.5. The van der Waals surface area contributed by atoms with Crippen LogP contribution in [0.5, 0.6) is 0 Å². The van der Waals surface area contributed by atoms with Crippen molar-refractivity contribution in [2.75, 3.05) is 25.0 Å². The predicted molar refractivity (Wildman–Crippen MR) is 152 cm³/mol. The van der Waals surface area contributed by atoms with Crippen LogP contribution in [0.15, 0.2) is 42.5 Å². The third kappa shape index (κ3) is 5.33. The lowest BCUT2D eigenvalue weighted by Crippen LogP contribution is -2.58. The number of para-hydroxylation sites is 1. The first-order valence-electron chi connectivity index (χ1n) is 13.0. The molecule has 2 atom stereocenters. The zero-order valence-electron chi connectivity index (χ0n) is 21.8. The molecule has 10 nitrogen and oxygen atoms in total. The molecule has 1 aromatic heterocycles. The summed E-state index contributed by atoms with van der Waals surface area (Å²) >= 11 is 12.3. The molecular formula is C28H29Cl2N5O5. The number of carbonyl (C=O) groups excluding carboxylic acids is 3. The molecule has 0 spiro atoms. The Hall–Kier alpha value is -3.76. The molecule has 3 N–H and O–H groups in total. The largest absolute Gasteiger partial charge is 0.481 e. The van der Waals surface area contributed by atoms with Crippen LogP contribution in [-0.2, 0) is 27.3 Å². The van der Waals surface area contributed by atoms with E-state index in [9.17, 15) is 19.2 Å². The molecular weight excluding hydrogens is 557 g/mol. The Balaban J connectivity index is 1.45. The highest BCUT2D eigenvalue weighted by Gasteiger charge is 2.43. The Bertz CT molecular complexity index is 1490. The fourth-order valence-corrected chi connectivity index (χ4v) is 5.82. The molecule has 3 aromatic rings. The minimum Gasteiger partial charge on any atom is -0.481 e. The topological polar surface area (TPSA) is 126 Å². The SMILES string of the molecule is CN(C(=O)N1Cc2[nH]c3ccccc3c2C[C@@H]1C(=O)N1CCC[C@H]1C(=O)NCCC(=O)O)c1ccc(Cl)c(Cl)c1.